The van der Waals surface area contributed by atoms with Crippen LogP contribution in [0.2, 0.25) is 0 Å². The van der Waals surface area contributed by atoms with E-state index in [1.807, 2.05) is 13.8 Å². The molecule has 0 radical (unpaired) electrons. The Labute approximate surface area is 73.7 Å². The first-order valence-electron chi connectivity index (χ1n) is 3.48. The van der Waals surface area contributed by atoms with Gasteiger partial charge in [0.25, 0.3) is 0 Å². The summed E-state index contributed by atoms with van der Waals surface area (Å²) in [6.07, 6.45) is -0.0403. The molecular weight excluding hydrogens is 166 g/mol. The van der Waals surface area contributed by atoms with E-state index in [4.69, 9.17) is 10.5 Å². The van der Waals surface area contributed by atoms with Gasteiger partial charge in [-0.15, -0.1) is 12.4 Å². The van der Waals surface area contributed by atoms with E-state index in [1.54, 1.807) is 6.92 Å². The Bertz CT molecular complexity index is 117. The Morgan fingerprint density at radius 3 is 2.18 bits per heavy atom. The lowest BCUT2D eigenvalue weighted by Crippen LogP contribution is -2.25. The zero-order valence-corrected chi connectivity index (χ0v) is 7.98. The van der Waals surface area contributed by atoms with Crippen LogP contribution in [0.15, 0.2) is 0 Å². The van der Waals surface area contributed by atoms with E-state index in [0.717, 1.165) is 0 Å². The highest BCUT2D eigenvalue weighted by molar-refractivity contribution is 5.85. The van der Waals surface area contributed by atoms with Crippen molar-refractivity contribution in [1.29, 1.82) is 0 Å². The van der Waals surface area contributed by atoms with Crippen LogP contribution in [0.5, 0.6) is 0 Å². The number of nitrogens with two attached hydrogens (primary N) is 1. The minimum Gasteiger partial charge on any atom is -0.463 e. The van der Waals surface area contributed by atoms with E-state index in [1.165, 1.54) is 0 Å². The van der Waals surface area contributed by atoms with Crippen molar-refractivity contribution in [3.05, 3.63) is 0 Å². The summed E-state index contributed by atoms with van der Waals surface area (Å²) in [6.45, 7) is 5.75. The zero-order chi connectivity index (χ0) is 8.15. The number of ether oxygens (including phenoxy) is 1. The molecule has 4 heteroatoms. The van der Waals surface area contributed by atoms with Crippen LogP contribution in [0.1, 0.15) is 20.8 Å². The van der Waals surface area contributed by atoms with Crippen molar-refractivity contribution in [2.75, 3.05) is 6.54 Å². The third-order valence-electron chi connectivity index (χ3n) is 1.11. The fourth-order valence-corrected chi connectivity index (χ4v) is 0.445. The van der Waals surface area contributed by atoms with Gasteiger partial charge in [-0.25, -0.2) is 0 Å². The molecule has 0 aromatic carbocycles. The van der Waals surface area contributed by atoms with Crippen molar-refractivity contribution in [2.45, 2.75) is 26.9 Å². The summed E-state index contributed by atoms with van der Waals surface area (Å²) in [4.78, 5) is 10.9. The molecule has 0 fully saturated rings. The highest BCUT2D eigenvalue weighted by Gasteiger charge is 2.12. The average molecular weight is 182 g/mol. The summed E-state index contributed by atoms with van der Waals surface area (Å²) < 4.78 is 4.88. The summed E-state index contributed by atoms with van der Waals surface area (Å²) >= 11 is 0. The van der Waals surface area contributed by atoms with E-state index < -0.39 is 0 Å². The average Bonchev–Trinajstić information content (AvgIpc) is 1.85. The normalized spacial score (nSPS) is 12.1. The summed E-state index contributed by atoms with van der Waals surface area (Å²) in [5.41, 5.74) is 5.25. The topological polar surface area (TPSA) is 52.3 Å². The van der Waals surface area contributed by atoms with Crippen LogP contribution in [0, 0.1) is 5.92 Å². The molecule has 0 aromatic rings. The van der Waals surface area contributed by atoms with Gasteiger partial charge in [0.05, 0.1) is 12.0 Å². The summed E-state index contributed by atoms with van der Waals surface area (Å²) in [5.74, 6) is -0.389. The fourth-order valence-electron chi connectivity index (χ4n) is 0.445. The molecule has 11 heavy (non-hydrogen) atoms. The molecule has 68 valence electrons. The van der Waals surface area contributed by atoms with E-state index in [-0.39, 0.29) is 30.4 Å². The van der Waals surface area contributed by atoms with Gasteiger partial charge in [-0.3, -0.25) is 4.79 Å². The third kappa shape index (κ3) is 6.13. The van der Waals surface area contributed by atoms with Crippen LogP contribution >= 0.6 is 12.4 Å². The van der Waals surface area contributed by atoms with Crippen molar-refractivity contribution >= 4 is 18.4 Å². The molecular formula is C7H16ClNO2. The molecule has 1 unspecified atom stereocenters. The number of hydrogen-bond donors (Lipinski definition) is 1. The lowest BCUT2D eigenvalue weighted by Gasteiger charge is -2.11. The van der Waals surface area contributed by atoms with Crippen molar-refractivity contribution in [2.24, 2.45) is 11.7 Å². The fraction of sp³-hybridized carbons (Fsp3) is 0.857. The molecule has 0 spiro atoms. The number of rotatable bonds is 3. The maximum Gasteiger partial charge on any atom is 0.310 e. The van der Waals surface area contributed by atoms with Gasteiger partial charge in [0.1, 0.15) is 0 Å². The molecule has 0 bridgehead atoms. The number of carbonyl (C=O) groups excluding carboxylic acids is 1. The van der Waals surface area contributed by atoms with E-state index in [9.17, 15) is 4.79 Å². The first kappa shape index (κ1) is 13.3. The molecule has 1 atom stereocenters. The maximum atomic E-state index is 10.9. The molecule has 0 aliphatic rings. The zero-order valence-electron chi connectivity index (χ0n) is 7.16. The molecule has 0 aliphatic carbocycles. The number of hydrogen-bond acceptors (Lipinski definition) is 3. The molecule has 3 nitrogen and oxygen atoms in total. The maximum absolute atomic E-state index is 10.9. The minimum atomic E-state index is -0.211. The lowest BCUT2D eigenvalue weighted by atomic mass is 10.2. The predicted molar refractivity (Wildman–Crippen MR) is 46.7 cm³/mol. The first-order chi connectivity index (χ1) is 4.57. The van der Waals surface area contributed by atoms with Gasteiger partial charge in [0.2, 0.25) is 0 Å². The summed E-state index contributed by atoms with van der Waals surface area (Å²) in [7, 11) is 0. The number of halogens is 1. The van der Waals surface area contributed by atoms with Gasteiger partial charge in [-0.05, 0) is 13.8 Å². The van der Waals surface area contributed by atoms with Crippen molar-refractivity contribution in [3.8, 4) is 0 Å². The van der Waals surface area contributed by atoms with Gasteiger partial charge < -0.3 is 10.5 Å². The largest absolute Gasteiger partial charge is 0.463 e. The summed E-state index contributed by atoms with van der Waals surface area (Å²) in [5, 5.41) is 0. The molecule has 0 saturated heterocycles. The predicted octanol–water partition coefficient (Wildman–Crippen LogP) is 0.955. The number of esters is 1. The van der Waals surface area contributed by atoms with Gasteiger partial charge in [-0.1, -0.05) is 6.92 Å². The highest BCUT2D eigenvalue weighted by atomic mass is 35.5. The van der Waals surface area contributed by atoms with E-state index in [2.05, 4.69) is 0 Å². The standard InChI is InChI=1S/C7H15NO2.ClH/c1-5(2)10-7(9)6(3)4-8;/h5-6H,4,8H2,1-3H3;1H. The Hall–Kier alpha value is -0.280. The minimum absolute atomic E-state index is 0. The lowest BCUT2D eigenvalue weighted by molar-refractivity contribution is -0.151. The van der Waals surface area contributed by atoms with Gasteiger partial charge in [0.15, 0.2) is 0 Å². The second-order valence-electron chi connectivity index (χ2n) is 2.62. The Morgan fingerprint density at radius 2 is 1.91 bits per heavy atom. The van der Waals surface area contributed by atoms with Crippen LogP contribution in [0.3, 0.4) is 0 Å². The van der Waals surface area contributed by atoms with Crippen LogP contribution < -0.4 is 5.73 Å². The molecule has 0 aromatic heterocycles. The Morgan fingerprint density at radius 1 is 1.45 bits per heavy atom. The van der Waals surface area contributed by atoms with E-state index in [0.29, 0.717) is 6.54 Å². The molecule has 0 saturated carbocycles. The molecule has 0 amide bonds. The second-order valence-corrected chi connectivity index (χ2v) is 2.62. The Balaban J connectivity index is 0. The molecule has 2 N–H and O–H groups in total. The van der Waals surface area contributed by atoms with Crippen LogP contribution in [-0.2, 0) is 9.53 Å². The third-order valence-corrected chi connectivity index (χ3v) is 1.11. The van der Waals surface area contributed by atoms with Crippen LogP contribution in [0.25, 0.3) is 0 Å². The monoisotopic (exact) mass is 181 g/mol. The van der Waals surface area contributed by atoms with Crippen molar-refractivity contribution < 1.29 is 9.53 Å². The molecule has 0 heterocycles. The second kappa shape index (κ2) is 6.43. The quantitative estimate of drug-likeness (QED) is 0.660. The van der Waals surface area contributed by atoms with Gasteiger partial charge >= 0.3 is 5.97 Å². The van der Waals surface area contributed by atoms with Gasteiger partial charge in [-0.2, -0.15) is 0 Å². The number of carbonyl (C=O) groups is 1. The van der Waals surface area contributed by atoms with Crippen LogP contribution in [-0.4, -0.2) is 18.6 Å². The molecule has 0 aliphatic heterocycles. The van der Waals surface area contributed by atoms with Crippen molar-refractivity contribution in [3.63, 3.8) is 0 Å². The first-order valence-corrected chi connectivity index (χ1v) is 3.48. The molecule has 0 rings (SSSR count). The van der Waals surface area contributed by atoms with E-state index >= 15 is 0 Å². The highest BCUT2D eigenvalue weighted by Crippen LogP contribution is 1.98. The van der Waals surface area contributed by atoms with Crippen molar-refractivity contribution in [1.82, 2.24) is 0 Å². The smallest absolute Gasteiger partial charge is 0.310 e. The van der Waals surface area contributed by atoms with Gasteiger partial charge in [0, 0.05) is 6.54 Å². The summed E-state index contributed by atoms with van der Waals surface area (Å²) in [6, 6.07) is 0. The Kier molecular flexibility index (Phi) is 7.79. The SMILES string of the molecule is CC(C)OC(=O)C(C)CN.Cl. The van der Waals surface area contributed by atoms with Crippen LogP contribution in [0.4, 0.5) is 0 Å².